The molecule has 0 aliphatic carbocycles. The number of nitro groups is 1. The average Bonchev–Trinajstić information content (AvgIpc) is 2.61. The molecule has 0 saturated carbocycles. The van der Waals surface area contributed by atoms with Gasteiger partial charge in [0.15, 0.2) is 0 Å². The maximum absolute atomic E-state index is 11.2. The number of hydrogen-bond acceptors (Lipinski definition) is 6. The monoisotopic (exact) mass is 339 g/mol. The smallest absolute Gasteiger partial charge is 0.278 e. The molecule has 7 nitrogen and oxygen atoms in total. The Morgan fingerprint density at radius 1 is 1.24 bits per heavy atom. The fourth-order valence-electron chi connectivity index (χ4n) is 2.64. The molecule has 2 N–H and O–H groups in total. The quantitative estimate of drug-likeness (QED) is 0.526. The van der Waals surface area contributed by atoms with Crippen molar-refractivity contribution in [2.45, 2.75) is 6.92 Å². The van der Waals surface area contributed by atoms with Crippen molar-refractivity contribution in [2.75, 3.05) is 18.5 Å². The van der Waals surface area contributed by atoms with E-state index in [1.165, 1.54) is 12.3 Å². The Morgan fingerprint density at radius 3 is 2.80 bits per heavy atom. The van der Waals surface area contributed by atoms with E-state index in [1.54, 1.807) is 18.3 Å². The first-order valence-corrected chi connectivity index (χ1v) is 7.72. The van der Waals surface area contributed by atoms with Crippen LogP contribution in [0.25, 0.3) is 10.8 Å². The maximum Gasteiger partial charge on any atom is 0.278 e. The normalized spacial score (nSPS) is 10.6. The summed E-state index contributed by atoms with van der Waals surface area (Å²) in [5.41, 5.74) is 2.54. The first-order chi connectivity index (χ1) is 12.1. The van der Waals surface area contributed by atoms with Crippen molar-refractivity contribution in [3.63, 3.8) is 0 Å². The number of aliphatic hydroxyl groups is 1. The highest BCUT2D eigenvalue weighted by molar-refractivity contribution is 6.00. The van der Waals surface area contributed by atoms with Crippen LogP contribution in [0.15, 0.2) is 48.8 Å². The van der Waals surface area contributed by atoms with E-state index in [1.807, 2.05) is 25.1 Å². The summed E-state index contributed by atoms with van der Waals surface area (Å²) in [4.78, 5) is 14.8. The molecule has 25 heavy (non-hydrogen) atoms. The van der Waals surface area contributed by atoms with Gasteiger partial charge in [-0.2, -0.15) is 0 Å². The van der Waals surface area contributed by atoms with E-state index < -0.39 is 4.92 Å². The number of benzene rings is 2. The van der Waals surface area contributed by atoms with Gasteiger partial charge in [-0.25, -0.2) is 0 Å². The average molecular weight is 339 g/mol. The Morgan fingerprint density at radius 2 is 2.08 bits per heavy atom. The van der Waals surface area contributed by atoms with Gasteiger partial charge in [-0.3, -0.25) is 15.1 Å². The Labute approximate surface area is 144 Å². The lowest BCUT2D eigenvalue weighted by Crippen LogP contribution is -2.03. The van der Waals surface area contributed by atoms with Crippen molar-refractivity contribution in [3.05, 3.63) is 64.5 Å². The second kappa shape index (κ2) is 7.14. The second-order valence-electron chi connectivity index (χ2n) is 5.49. The lowest BCUT2D eigenvalue weighted by atomic mass is 10.1. The van der Waals surface area contributed by atoms with Crippen LogP contribution in [-0.2, 0) is 0 Å². The Hall–Kier alpha value is -3.19. The van der Waals surface area contributed by atoms with E-state index >= 15 is 0 Å². The van der Waals surface area contributed by atoms with Gasteiger partial charge in [0.2, 0.25) is 0 Å². The van der Waals surface area contributed by atoms with Crippen LogP contribution in [0.4, 0.5) is 17.1 Å². The van der Waals surface area contributed by atoms with Gasteiger partial charge in [0.1, 0.15) is 12.4 Å². The first kappa shape index (κ1) is 16.7. The minimum atomic E-state index is -0.411. The number of nitrogens with zero attached hydrogens (tertiary/aromatic N) is 2. The molecule has 0 fully saturated rings. The predicted molar refractivity (Wildman–Crippen MR) is 95.4 cm³/mol. The summed E-state index contributed by atoms with van der Waals surface area (Å²) < 4.78 is 5.44. The molecule has 2 aromatic carbocycles. The van der Waals surface area contributed by atoms with Crippen molar-refractivity contribution >= 4 is 27.8 Å². The third-order valence-corrected chi connectivity index (χ3v) is 3.79. The maximum atomic E-state index is 11.2. The number of aromatic nitrogens is 1. The van der Waals surface area contributed by atoms with Gasteiger partial charge >= 0.3 is 0 Å². The Bertz CT molecular complexity index is 927. The van der Waals surface area contributed by atoms with Gasteiger partial charge < -0.3 is 15.2 Å². The molecule has 3 aromatic rings. The minimum Gasteiger partial charge on any atom is -0.491 e. The summed E-state index contributed by atoms with van der Waals surface area (Å²) in [6, 6.07) is 10.5. The van der Waals surface area contributed by atoms with Crippen LogP contribution in [0.1, 0.15) is 5.56 Å². The van der Waals surface area contributed by atoms with Gasteiger partial charge in [0, 0.05) is 35.2 Å². The number of nitro benzene ring substituents is 1. The molecule has 3 rings (SSSR count). The number of rotatable bonds is 6. The third kappa shape index (κ3) is 3.51. The van der Waals surface area contributed by atoms with Crippen molar-refractivity contribution in [3.8, 4) is 5.75 Å². The Balaban J connectivity index is 1.95. The lowest BCUT2D eigenvalue weighted by molar-refractivity contribution is -0.383. The molecule has 0 radical (unpaired) electrons. The van der Waals surface area contributed by atoms with Crippen LogP contribution in [0.3, 0.4) is 0 Å². The molecule has 0 aliphatic rings. The topological polar surface area (TPSA) is 97.5 Å². The number of ether oxygens (including phenoxy) is 1. The number of anilines is 2. The molecule has 1 aromatic heterocycles. The summed E-state index contributed by atoms with van der Waals surface area (Å²) in [5, 5.41) is 24.5. The third-order valence-electron chi connectivity index (χ3n) is 3.79. The summed E-state index contributed by atoms with van der Waals surface area (Å²) in [6.45, 7) is 2.12. The second-order valence-corrected chi connectivity index (χ2v) is 5.49. The number of pyridine rings is 1. The van der Waals surface area contributed by atoms with E-state index in [9.17, 15) is 10.1 Å². The highest BCUT2D eigenvalue weighted by atomic mass is 16.6. The molecule has 0 unspecified atom stereocenters. The fraction of sp³-hybridized carbons (Fsp3) is 0.167. The van der Waals surface area contributed by atoms with Crippen LogP contribution in [-0.4, -0.2) is 28.2 Å². The van der Waals surface area contributed by atoms with Crippen LogP contribution >= 0.6 is 0 Å². The standard InChI is InChI=1S/C18H17N3O4/c1-12-10-13(2-5-18(12)25-9-8-22)20-16-3-4-17(21(23)24)15-11-19-7-6-14(15)16/h2-7,10-11,20,22H,8-9H2,1H3. The van der Waals surface area contributed by atoms with Gasteiger partial charge in [-0.1, -0.05) is 0 Å². The molecule has 128 valence electrons. The van der Waals surface area contributed by atoms with Crippen molar-refractivity contribution in [1.29, 1.82) is 0 Å². The van der Waals surface area contributed by atoms with Crippen molar-refractivity contribution < 1.29 is 14.8 Å². The number of fused-ring (bicyclic) bond motifs is 1. The van der Waals surface area contributed by atoms with E-state index in [2.05, 4.69) is 10.3 Å². The molecule has 0 amide bonds. The molecule has 0 atom stereocenters. The highest BCUT2D eigenvalue weighted by Gasteiger charge is 2.14. The molecule has 0 spiro atoms. The molecule has 0 saturated heterocycles. The zero-order valence-electron chi connectivity index (χ0n) is 13.6. The van der Waals surface area contributed by atoms with Gasteiger partial charge in [0.05, 0.1) is 16.9 Å². The fourth-order valence-corrected chi connectivity index (χ4v) is 2.64. The molecular formula is C18H17N3O4. The number of aliphatic hydroxyl groups excluding tert-OH is 1. The van der Waals surface area contributed by atoms with Gasteiger partial charge in [-0.15, -0.1) is 0 Å². The van der Waals surface area contributed by atoms with Crippen molar-refractivity contribution in [2.24, 2.45) is 0 Å². The van der Waals surface area contributed by atoms with E-state index in [-0.39, 0.29) is 18.9 Å². The van der Waals surface area contributed by atoms with E-state index in [4.69, 9.17) is 9.84 Å². The zero-order valence-corrected chi connectivity index (χ0v) is 13.6. The van der Waals surface area contributed by atoms with Gasteiger partial charge in [0.25, 0.3) is 5.69 Å². The van der Waals surface area contributed by atoms with Crippen molar-refractivity contribution in [1.82, 2.24) is 4.98 Å². The van der Waals surface area contributed by atoms with Crippen LogP contribution in [0, 0.1) is 17.0 Å². The molecule has 7 heteroatoms. The summed E-state index contributed by atoms with van der Waals surface area (Å²) in [5.74, 6) is 0.706. The SMILES string of the molecule is Cc1cc(Nc2ccc([N+](=O)[O-])c3cnccc23)ccc1OCCO. The minimum absolute atomic E-state index is 0.0255. The van der Waals surface area contributed by atoms with Crippen LogP contribution in [0.2, 0.25) is 0 Å². The lowest BCUT2D eigenvalue weighted by Gasteiger charge is -2.13. The molecule has 0 bridgehead atoms. The summed E-state index contributed by atoms with van der Waals surface area (Å²) >= 11 is 0. The highest BCUT2D eigenvalue weighted by Crippen LogP contribution is 2.33. The molecule has 1 heterocycles. The zero-order chi connectivity index (χ0) is 17.8. The molecule has 0 aliphatic heterocycles. The first-order valence-electron chi connectivity index (χ1n) is 7.72. The Kier molecular flexibility index (Phi) is 4.76. The number of hydrogen-bond donors (Lipinski definition) is 2. The predicted octanol–water partition coefficient (Wildman–Crippen LogP) is 3.57. The number of nitrogens with one attached hydrogen (secondary N) is 1. The molecular weight excluding hydrogens is 322 g/mol. The van der Waals surface area contributed by atoms with Crippen LogP contribution < -0.4 is 10.1 Å². The van der Waals surface area contributed by atoms with E-state index in [0.717, 1.165) is 22.3 Å². The largest absolute Gasteiger partial charge is 0.491 e. The van der Waals surface area contributed by atoms with E-state index in [0.29, 0.717) is 11.1 Å². The van der Waals surface area contributed by atoms with Gasteiger partial charge in [-0.05, 0) is 42.8 Å². The summed E-state index contributed by atoms with van der Waals surface area (Å²) in [7, 11) is 0. The number of aryl methyl sites for hydroxylation is 1. The van der Waals surface area contributed by atoms with Crippen LogP contribution in [0.5, 0.6) is 5.75 Å². The number of non-ortho nitro benzene ring substituents is 1. The summed E-state index contributed by atoms with van der Waals surface area (Å²) in [6.07, 6.45) is 3.10.